The lowest BCUT2D eigenvalue weighted by Gasteiger charge is -2.22. The predicted octanol–water partition coefficient (Wildman–Crippen LogP) is 4.71. The molecule has 2 atom stereocenters. The topological polar surface area (TPSA) is 78.6 Å². The van der Waals surface area contributed by atoms with E-state index < -0.39 is 6.04 Å². The Morgan fingerprint density at radius 1 is 1.03 bits per heavy atom. The normalized spacial score (nSPS) is 14.0. The summed E-state index contributed by atoms with van der Waals surface area (Å²) in [5.74, 6) is 1.30. The molecule has 35 heavy (non-hydrogen) atoms. The Bertz CT molecular complexity index is 1330. The van der Waals surface area contributed by atoms with Crippen molar-refractivity contribution in [3.05, 3.63) is 84.1 Å². The van der Waals surface area contributed by atoms with E-state index in [1.165, 1.54) is 16.5 Å². The molecule has 0 saturated heterocycles. The molecule has 0 bridgehead atoms. The highest BCUT2D eigenvalue weighted by atomic mass is 16.7. The van der Waals surface area contributed by atoms with Gasteiger partial charge in [0.2, 0.25) is 12.7 Å². The number of hydrogen-bond acceptors (Lipinski definition) is 5. The van der Waals surface area contributed by atoms with Gasteiger partial charge in [-0.1, -0.05) is 30.3 Å². The molecular weight excluding hydrogens is 440 g/mol. The van der Waals surface area contributed by atoms with Gasteiger partial charge in [-0.05, 0) is 48.4 Å². The number of aromatic amines is 1. The largest absolute Gasteiger partial charge is 0.454 e. The summed E-state index contributed by atoms with van der Waals surface area (Å²) < 4.78 is 10.8. The first-order valence-corrected chi connectivity index (χ1v) is 11.8. The van der Waals surface area contributed by atoms with Crippen molar-refractivity contribution in [3.8, 4) is 11.5 Å². The lowest BCUT2D eigenvalue weighted by Crippen LogP contribution is -2.40. The first kappa shape index (κ1) is 22.8. The van der Waals surface area contributed by atoms with Crippen LogP contribution in [0, 0.1) is 0 Å². The van der Waals surface area contributed by atoms with Crippen molar-refractivity contribution < 1.29 is 14.3 Å². The van der Waals surface area contributed by atoms with Gasteiger partial charge in [-0.2, -0.15) is 0 Å². The number of anilines is 2. The predicted molar refractivity (Wildman–Crippen MR) is 140 cm³/mol. The van der Waals surface area contributed by atoms with Crippen molar-refractivity contribution in [1.82, 2.24) is 10.3 Å². The van der Waals surface area contributed by atoms with Crippen LogP contribution in [0.2, 0.25) is 0 Å². The van der Waals surface area contributed by atoms with Crippen LogP contribution in [0.3, 0.4) is 0 Å². The van der Waals surface area contributed by atoms with Gasteiger partial charge in [0.25, 0.3) is 0 Å². The molecule has 0 aliphatic carbocycles. The Kier molecular flexibility index (Phi) is 6.33. The molecule has 0 saturated carbocycles. The Hall–Kier alpha value is -3.97. The minimum absolute atomic E-state index is 0.0724. The highest BCUT2D eigenvalue weighted by Gasteiger charge is 2.22. The first-order valence-electron chi connectivity index (χ1n) is 11.8. The molecule has 0 fully saturated rings. The van der Waals surface area contributed by atoms with Crippen LogP contribution in [0.1, 0.15) is 24.0 Å². The van der Waals surface area contributed by atoms with Crippen molar-refractivity contribution in [2.24, 2.45) is 0 Å². The van der Waals surface area contributed by atoms with E-state index in [4.69, 9.17) is 9.47 Å². The number of ether oxygens (including phenoxy) is 2. The summed E-state index contributed by atoms with van der Waals surface area (Å²) in [5, 5.41) is 7.61. The van der Waals surface area contributed by atoms with E-state index in [0.717, 1.165) is 11.2 Å². The van der Waals surface area contributed by atoms with Gasteiger partial charge < -0.3 is 30.0 Å². The zero-order valence-electron chi connectivity index (χ0n) is 20.2. The van der Waals surface area contributed by atoms with Crippen LogP contribution in [0.5, 0.6) is 11.5 Å². The summed E-state index contributed by atoms with van der Waals surface area (Å²) in [6.07, 6.45) is 2.08. The van der Waals surface area contributed by atoms with Gasteiger partial charge in [0.1, 0.15) is 0 Å². The summed E-state index contributed by atoms with van der Waals surface area (Å²) in [6.45, 7) is 2.69. The fraction of sp³-hybridized carbons (Fsp3) is 0.250. The van der Waals surface area contributed by atoms with E-state index in [9.17, 15) is 4.79 Å². The van der Waals surface area contributed by atoms with Gasteiger partial charge in [0, 0.05) is 61.1 Å². The Morgan fingerprint density at radius 2 is 1.80 bits per heavy atom. The monoisotopic (exact) mass is 470 g/mol. The summed E-state index contributed by atoms with van der Waals surface area (Å²) >= 11 is 0. The zero-order valence-corrected chi connectivity index (χ0v) is 20.2. The number of hydrogen-bond donors (Lipinski definition) is 3. The van der Waals surface area contributed by atoms with Crippen LogP contribution in [-0.2, 0) is 4.79 Å². The number of rotatable bonds is 8. The number of para-hydroxylation sites is 1. The molecule has 3 N–H and O–H groups in total. The lowest BCUT2D eigenvalue weighted by molar-refractivity contribution is -0.117. The standard InChI is InChI=1S/C28H30N4O3/c1-18(28(33)31-20-10-13-26-27(14-20)35-17-34-26)29-15-23(19-8-11-21(12-9-19)32(2)3)24-16-30-25-7-5-4-6-22(24)25/h4-14,16,18,23,29-30H,15,17H2,1-3H3,(H,31,33)/t18-,23+/m0/s1. The van der Waals surface area contributed by atoms with Gasteiger partial charge in [0.05, 0.1) is 6.04 Å². The third-order valence-corrected chi connectivity index (χ3v) is 6.47. The molecule has 0 spiro atoms. The number of nitrogens with one attached hydrogen (secondary N) is 3. The van der Waals surface area contributed by atoms with Gasteiger partial charge >= 0.3 is 0 Å². The molecule has 7 heteroatoms. The maximum absolute atomic E-state index is 12.9. The second-order valence-corrected chi connectivity index (χ2v) is 9.02. The average Bonchev–Trinajstić information content (AvgIpc) is 3.51. The molecular formula is C28H30N4O3. The smallest absolute Gasteiger partial charge is 0.241 e. The Balaban J connectivity index is 1.34. The highest BCUT2D eigenvalue weighted by molar-refractivity contribution is 5.95. The van der Waals surface area contributed by atoms with Gasteiger partial charge in [0.15, 0.2) is 11.5 Å². The summed E-state index contributed by atoms with van der Waals surface area (Å²) in [6, 6.07) is 21.9. The van der Waals surface area contributed by atoms with E-state index in [1.54, 1.807) is 12.1 Å². The fourth-order valence-corrected chi connectivity index (χ4v) is 4.41. The number of benzene rings is 3. The van der Waals surface area contributed by atoms with Gasteiger partial charge in [-0.25, -0.2) is 0 Å². The van der Waals surface area contributed by atoms with Crippen molar-refractivity contribution in [2.45, 2.75) is 18.9 Å². The molecule has 0 unspecified atom stereocenters. The molecule has 1 aliphatic rings. The third kappa shape index (κ3) is 4.81. The molecule has 4 aromatic rings. The zero-order chi connectivity index (χ0) is 24.4. The van der Waals surface area contributed by atoms with Crippen LogP contribution in [-0.4, -0.2) is 44.4 Å². The minimum atomic E-state index is -0.394. The number of amides is 1. The minimum Gasteiger partial charge on any atom is -0.454 e. The van der Waals surface area contributed by atoms with Crippen LogP contribution in [0.15, 0.2) is 72.9 Å². The summed E-state index contributed by atoms with van der Waals surface area (Å²) in [5.41, 5.74) is 5.33. The third-order valence-electron chi connectivity index (χ3n) is 6.47. The maximum Gasteiger partial charge on any atom is 0.241 e. The number of fused-ring (bicyclic) bond motifs is 2. The number of carbonyl (C=O) groups excluding carboxylic acids is 1. The molecule has 7 nitrogen and oxygen atoms in total. The van der Waals surface area contributed by atoms with Crippen molar-refractivity contribution in [3.63, 3.8) is 0 Å². The molecule has 0 radical (unpaired) electrons. The van der Waals surface area contributed by atoms with E-state index in [1.807, 2.05) is 33.2 Å². The van der Waals surface area contributed by atoms with Crippen LogP contribution in [0.25, 0.3) is 10.9 Å². The maximum atomic E-state index is 12.9. The second kappa shape index (κ2) is 9.72. The van der Waals surface area contributed by atoms with Crippen molar-refractivity contribution >= 4 is 28.2 Å². The number of H-pyrrole nitrogens is 1. The molecule has 2 heterocycles. The van der Waals surface area contributed by atoms with Crippen molar-refractivity contribution in [1.29, 1.82) is 0 Å². The lowest BCUT2D eigenvalue weighted by atomic mass is 9.90. The molecule has 180 valence electrons. The Labute approximate surface area is 205 Å². The van der Waals surface area contributed by atoms with Gasteiger partial charge in [-0.3, -0.25) is 4.79 Å². The van der Waals surface area contributed by atoms with Gasteiger partial charge in [-0.15, -0.1) is 0 Å². The second-order valence-electron chi connectivity index (χ2n) is 9.02. The molecule has 1 aliphatic heterocycles. The fourth-order valence-electron chi connectivity index (χ4n) is 4.41. The summed E-state index contributed by atoms with van der Waals surface area (Å²) in [4.78, 5) is 18.4. The number of nitrogens with zero attached hydrogens (tertiary/aromatic N) is 1. The highest BCUT2D eigenvalue weighted by Crippen LogP contribution is 2.34. The van der Waals surface area contributed by atoms with E-state index in [2.05, 4.69) is 69.2 Å². The van der Waals surface area contributed by atoms with Crippen LogP contribution >= 0.6 is 0 Å². The molecule has 5 rings (SSSR count). The molecule has 1 amide bonds. The van der Waals surface area contributed by atoms with E-state index in [-0.39, 0.29) is 18.6 Å². The van der Waals surface area contributed by atoms with Crippen LogP contribution < -0.4 is 25.0 Å². The van der Waals surface area contributed by atoms with Crippen molar-refractivity contribution in [2.75, 3.05) is 37.6 Å². The summed E-state index contributed by atoms with van der Waals surface area (Å²) in [7, 11) is 4.07. The van der Waals surface area contributed by atoms with E-state index >= 15 is 0 Å². The van der Waals surface area contributed by atoms with Crippen LogP contribution in [0.4, 0.5) is 11.4 Å². The SMILES string of the molecule is C[C@H](NC[C@H](c1ccc(N(C)C)cc1)c1c[nH]c2ccccc12)C(=O)Nc1ccc2c(c1)OCO2. The average molecular weight is 471 g/mol. The molecule has 1 aromatic heterocycles. The van der Waals surface area contributed by atoms with E-state index in [0.29, 0.717) is 23.7 Å². The quantitative estimate of drug-likeness (QED) is 0.348. The molecule has 3 aromatic carbocycles. The Morgan fingerprint density at radius 3 is 2.60 bits per heavy atom. The number of carbonyl (C=O) groups is 1. The first-order chi connectivity index (χ1) is 17.0. The number of aromatic nitrogens is 1.